The van der Waals surface area contributed by atoms with Gasteiger partial charge in [0.05, 0.1) is 0 Å². The first-order valence-electron chi connectivity index (χ1n) is 15.7. The summed E-state index contributed by atoms with van der Waals surface area (Å²) in [6.45, 7) is 11.6. The molecule has 0 N–H and O–H groups in total. The monoisotopic (exact) mass is 614 g/mol. The Morgan fingerprint density at radius 3 is 0.979 bits per heavy atom. The summed E-state index contributed by atoms with van der Waals surface area (Å²) in [7, 11) is 0. The molecule has 0 fully saturated rings. The van der Waals surface area contributed by atoms with Crippen molar-refractivity contribution in [1.82, 2.24) is 0 Å². The number of carbonyl (C=O) groups is 1. The van der Waals surface area contributed by atoms with E-state index in [1.807, 2.05) is 24.3 Å². The van der Waals surface area contributed by atoms with Crippen LogP contribution in [0.1, 0.15) is 23.6 Å². The first-order chi connectivity index (χ1) is 22.7. The third-order valence-corrected chi connectivity index (χ3v) is 8.11. The van der Waals surface area contributed by atoms with Crippen LogP contribution in [0.4, 0.5) is 34.1 Å². The molecule has 4 nitrogen and oxygen atoms in total. The number of rotatable bonds is 9. The van der Waals surface area contributed by atoms with Crippen molar-refractivity contribution in [2.45, 2.75) is 27.7 Å². The summed E-state index contributed by atoms with van der Waals surface area (Å²) in [5, 5.41) is 0. The Kier molecular flexibility index (Phi) is 9.03. The number of ether oxygens (including phenoxy) is 1. The zero-order valence-electron chi connectivity index (χ0n) is 27.3. The number of carbonyl (C=O) groups excluding carboxylic acids is 1. The van der Waals surface area contributed by atoms with Crippen LogP contribution in [0, 0.1) is 20.8 Å². The van der Waals surface area contributed by atoms with Crippen molar-refractivity contribution < 1.29 is 9.53 Å². The smallest absolute Gasteiger partial charge is 0.338 e. The van der Waals surface area contributed by atoms with Gasteiger partial charge in [0.25, 0.3) is 0 Å². The van der Waals surface area contributed by atoms with Gasteiger partial charge >= 0.3 is 5.97 Å². The van der Waals surface area contributed by atoms with Gasteiger partial charge in [0.15, 0.2) is 0 Å². The molecular weight excluding hydrogens is 576 g/mol. The van der Waals surface area contributed by atoms with E-state index in [-0.39, 0.29) is 0 Å². The van der Waals surface area contributed by atoms with E-state index in [4.69, 9.17) is 4.74 Å². The SMILES string of the molecule is C=C(C)C(=O)Oc1ccc(N(c2ccc(C)cc2)c2ccc(-c3ccc(N(c4ccc(C)cc4)c4ccc(C)cc4)cc3)cc2)cc1. The highest BCUT2D eigenvalue weighted by Gasteiger charge is 2.15. The van der Waals surface area contributed by atoms with E-state index < -0.39 is 5.97 Å². The maximum atomic E-state index is 12.0. The van der Waals surface area contributed by atoms with Gasteiger partial charge in [-0.15, -0.1) is 0 Å². The predicted molar refractivity (Wildman–Crippen MR) is 196 cm³/mol. The summed E-state index contributed by atoms with van der Waals surface area (Å²) in [6, 6.07) is 50.6. The summed E-state index contributed by atoms with van der Waals surface area (Å²) in [4.78, 5) is 16.5. The van der Waals surface area contributed by atoms with E-state index in [2.05, 4.69) is 158 Å². The molecular formula is C43H38N2O2. The summed E-state index contributed by atoms with van der Waals surface area (Å²) in [5.74, 6) is 0.0440. The Labute approximate surface area is 277 Å². The lowest BCUT2D eigenvalue weighted by atomic mass is 10.0. The molecule has 47 heavy (non-hydrogen) atoms. The van der Waals surface area contributed by atoms with Crippen LogP contribution in [0.5, 0.6) is 5.75 Å². The molecule has 232 valence electrons. The fourth-order valence-corrected chi connectivity index (χ4v) is 5.44. The van der Waals surface area contributed by atoms with Gasteiger partial charge in [-0.25, -0.2) is 4.79 Å². The molecule has 6 aromatic rings. The molecule has 4 heteroatoms. The van der Waals surface area contributed by atoms with Crippen LogP contribution in [0.25, 0.3) is 11.1 Å². The van der Waals surface area contributed by atoms with Crippen LogP contribution in [0.2, 0.25) is 0 Å². The van der Waals surface area contributed by atoms with E-state index in [0.717, 1.165) is 45.3 Å². The number of hydrogen-bond acceptors (Lipinski definition) is 4. The molecule has 0 unspecified atom stereocenters. The molecule has 0 radical (unpaired) electrons. The third-order valence-electron chi connectivity index (χ3n) is 8.11. The Bertz CT molecular complexity index is 1930. The van der Waals surface area contributed by atoms with Gasteiger partial charge in [-0.1, -0.05) is 83.9 Å². The topological polar surface area (TPSA) is 32.8 Å². The maximum absolute atomic E-state index is 12.0. The van der Waals surface area contributed by atoms with Gasteiger partial charge in [0, 0.05) is 39.7 Å². The summed E-state index contributed by atoms with van der Waals surface area (Å²) >= 11 is 0. The highest BCUT2D eigenvalue weighted by atomic mass is 16.5. The van der Waals surface area contributed by atoms with Crippen molar-refractivity contribution >= 4 is 40.1 Å². The zero-order chi connectivity index (χ0) is 32.9. The maximum Gasteiger partial charge on any atom is 0.338 e. The Balaban J connectivity index is 1.29. The molecule has 6 rings (SSSR count). The molecule has 0 aliphatic rings. The molecule has 0 bridgehead atoms. The third kappa shape index (κ3) is 7.18. The standard InChI is InChI=1S/C43H38N2O2/c1-30(2)43(46)47-42-28-26-41(27-29-42)45(38-20-10-33(5)11-21-38)40-24-14-35(15-25-40)34-12-22-39(23-13-34)44(36-16-6-31(3)7-17-36)37-18-8-32(4)9-19-37/h6-29H,1H2,2-5H3. The summed E-state index contributed by atoms with van der Waals surface area (Å²) < 4.78 is 5.43. The molecule has 0 aliphatic heterocycles. The molecule has 0 saturated heterocycles. The van der Waals surface area contributed by atoms with Crippen molar-refractivity contribution in [2.75, 3.05) is 9.80 Å². The van der Waals surface area contributed by atoms with Crippen LogP contribution in [-0.2, 0) is 4.79 Å². The first-order valence-corrected chi connectivity index (χ1v) is 15.7. The average molecular weight is 615 g/mol. The minimum absolute atomic E-state index is 0.361. The van der Waals surface area contributed by atoms with Crippen LogP contribution >= 0.6 is 0 Å². The number of aryl methyl sites for hydroxylation is 3. The first kappa shape index (κ1) is 31.1. The van der Waals surface area contributed by atoms with Crippen molar-refractivity contribution in [1.29, 1.82) is 0 Å². The number of nitrogens with zero attached hydrogens (tertiary/aromatic N) is 2. The van der Waals surface area contributed by atoms with Crippen LogP contribution in [-0.4, -0.2) is 5.97 Å². The molecule has 6 aromatic carbocycles. The molecule has 0 atom stereocenters. The minimum atomic E-state index is -0.435. The van der Waals surface area contributed by atoms with Crippen molar-refractivity contribution in [3.63, 3.8) is 0 Å². The van der Waals surface area contributed by atoms with E-state index in [1.54, 1.807) is 6.92 Å². The second-order valence-corrected chi connectivity index (χ2v) is 11.9. The number of hydrogen-bond donors (Lipinski definition) is 0. The molecule has 0 heterocycles. The number of benzene rings is 6. The van der Waals surface area contributed by atoms with E-state index in [9.17, 15) is 4.79 Å². The fraction of sp³-hybridized carbons (Fsp3) is 0.0930. The van der Waals surface area contributed by atoms with E-state index in [0.29, 0.717) is 11.3 Å². The van der Waals surface area contributed by atoms with E-state index >= 15 is 0 Å². The van der Waals surface area contributed by atoms with Gasteiger partial charge in [-0.05, 0) is 124 Å². The molecule has 0 amide bonds. The fourth-order valence-electron chi connectivity index (χ4n) is 5.44. The molecule has 0 saturated carbocycles. The Hall–Kier alpha value is -5.87. The molecule has 0 aliphatic carbocycles. The lowest BCUT2D eigenvalue weighted by molar-refractivity contribution is -0.130. The quantitative estimate of drug-likeness (QED) is 0.0921. The van der Waals surface area contributed by atoms with Crippen molar-refractivity contribution in [3.05, 3.63) is 174 Å². The van der Waals surface area contributed by atoms with Gasteiger partial charge < -0.3 is 14.5 Å². The minimum Gasteiger partial charge on any atom is -0.423 e. The van der Waals surface area contributed by atoms with Gasteiger partial charge in [-0.2, -0.15) is 0 Å². The van der Waals surface area contributed by atoms with Crippen LogP contribution < -0.4 is 14.5 Å². The highest BCUT2D eigenvalue weighted by Crippen LogP contribution is 2.38. The Morgan fingerprint density at radius 1 is 0.447 bits per heavy atom. The predicted octanol–water partition coefficient (Wildman–Crippen LogP) is 11.7. The molecule has 0 aromatic heterocycles. The largest absolute Gasteiger partial charge is 0.423 e. The molecule has 0 spiro atoms. The van der Waals surface area contributed by atoms with Gasteiger partial charge in [0.1, 0.15) is 5.75 Å². The second-order valence-electron chi connectivity index (χ2n) is 11.9. The van der Waals surface area contributed by atoms with Crippen LogP contribution in [0.3, 0.4) is 0 Å². The summed E-state index contributed by atoms with van der Waals surface area (Å²) in [6.07, 6.45) is 0. The van der Waals surface area contributed by atoms with Crippen molar-refractivity contribution in [3.8, 4) is 16.9 Å². The Morgan fingerprint density at radius 2 is 0.702 bits per heavy atom. The zero-order valence-corrected chi connectivity index (χ0v) is 27.3. The average Bonchev–Trinajstić information content (AvgIpc) is 3.09. The lowest BCUT2D eigenvalue weighted by Crippen LogP contribution is -2.11. The summed E-state index contributed by atoms with van der Waals surface area (Å²) in [5.41, 5.74) is 12.6. The number of anilines is 6. The van der Waals surface area contributed by atoms with Gasteiger partial charge in [0.2, 0.25) is 0 Å². The van der Waals surface area contributed by atoms with Gasteiger partial charge in [-0.3, -0.25) is 0 Å². The number of esters is 1. The lowest BCUT2D eigenvalue weighted by Gasteiger charge is -2.26. The highest BCUT2D eigenvalue weighted by molar-refractivity contribution is 5.89. The van der Waals surface area contributed by atoms with Crippen LogP contribution in [0.15, 0.2) is 158 Å². The second kappa shape index (κ2) is 13.6. The van der Waals surface area contributed by atoms with E-state index in [1.165, 1.54) is 16.7 Å². The normalized spacial score (nSPS) is 10.7. The van der Waals surface area contributed by atoms with Crippen molar-refractivity contribution in [2.24, 2.45) is 0 Å².